The smallest absolute Gasteiger partial charge is 0.225 e. The maximum atomic E-state index is 12.9. The van der Waals surface area contributed by atoms with Crippen molar-refractivity contribution in [3.8, 4) is 0 Å². The van der Waals surface area contributed by atoms with Crippen LogP contribution >= 0.6 is 12.4 Å². The number of piperidine rings is 1. The molecular weight excluding hydrogens is 324 g/mol. The fourth-order valence-electron chi connectivity index (χ4n) is 4.17. The number of halogens is 1. The van der Waals surface area contributed by atoms with E-state index in [9.17, 15) is 4.79 Å². The Morgan fingerprint density at radius 1 is 1.21 bits per heavy atom. The number of ether oxygens (including phenoxy) is 1. The Hall–Kier alpha value is -0.320. The normalized spacial score (nSPS) is 20.8. The van der Waals surface area contributed by atoms with Crippen LogP contribution in [-0.4, -0.2) is 43.2 Å². The van der Waals surface area contributed by atoms with Gasteiger partial charge in [-0.05, 0) is 44.6 Å². The van der Waals surface area contributed by atoms with Crippen LogP contribution in [0.2, 0.25) is 0 Å². The van der Waals surface area contributed by atoms with E-state index in [1.54, 1.807) is 0 Å². The first kappa shape index (κ1) is 21.7. The van der Waals surface area contributed by atoms with Gasteiger partial charge >= 0.3 is 0 Å². The lowest BCUT2D eigenvalue weighted by Crippen LogP contribution is -2.44. The number of carbonyl (C=O) groups is 1. The highest BCUT2D eigenvalue weighted by atomic mass is 35.5. The second kappa shape index (κ2) is 12.1. The molecular formula is C19H37ClN2O2. The number of rotatable bonds is 9. The van der Waals surface area contributed by atoms with Gasteiger partial charge in [-0.25, -0.2) is 0 Å². The molecule has 1 amide bonds. The van der Waals surface area contributed by atoms with Crippen LogP contribution in [0.3, 0.4) is 0 Å². The number of hydrogen-bond donors (Lipinski definition) is 1. The third-order valence-electron chi connectivity index (χ3n) is 5.53. The minimum atomic E-state index is 0. The van der Waals surface area contributed by atoms with Crippen molar-refractivity contribution in [1.82, 2.24) is 4.90 Å². The van der Waals surface area contributed by atoms with Gasteiger partial charge in [0.1, 0.15) is 0 Å². The molecule has 0 radical (unpaired) electrons. The van der Waals surface area contributed by atoms with Crippen LogP contribution in [0.4, 0.5) is 0 Å². The predicted molar refractivity (Wildman–Crippen MR) is 101 cm³/mol. The van der Waals surface area contributed by atoms with Crippen molar-refractivity contribution < 1.29 is 9.53 Å². The van der Waals surface area contributed by atoms with E-state index in [0.29, 0.717) is 18.6 Å². The third-order valence-corrected chi connectivity index (χ3v) is 5.53. The lowest BCUT2D eigenvalue weighted by atomic mass is 9.88. The summed E-state index contributed by atoms with van der Waals surface area (Å²) < 4.78 is 5.85. The first-order valence-electron chi connectivity index (χ1n) is 9.85. The Bertz CT molecular complexity index is 340. The Labute approximate surface area is 154 Å². The second-order valence-electron chi connectivity index (χ2n) is 7.41. The lowest BCUT2D eigenvalue weighted by Gasteiger charge is -2.34. The van der Waals surface area contributed by atoms with Crippen molar-refractivity contribution in [2.75, 3.05) is 26.2 Å². The van der Waals surface area contributed by atoms with E-state index in [1.807, 2.05) is 0 Å². The summed E-state index contributed by atoms with van der Waals surface area (Å²) in [7, 11) is 0. The highest BCUT2D eigenvalue weighted by molar-refractivity contribution is 5.85. The molecule has 0 bridgehead atoms. The molecule has 5 heteroatoms. The van der Waals surface area contributed by atoms with Gasteiger partial charge in [-0.1, -0.05) is 39.0 Å². The summed E-state index contributed by atoms with van der Waals surface area (Å²) in [5, 5.41) is 0. The number of nitrogens with two attached hydrogens (primary N) is 1. The summed E-state index contributed by atoms with van der Waals surface area (Å²) in [6, 6.07) is 0. The molecule has 1 saturated carbocycles. The molecule has 2 rings (SSSR count). The molecule has 1 aliphatic heterocycles. The molecule has 0 aromatic carbocycles. The number of hydrogen-bond acceptors (Lipinski definition) is 3. The lowest BCUT2D eigenvalue weighted by molar-refractivity contribution is -0.139. The van der Waals surface area contributed by atoms with E-state index >= 15 is 0 Å². The van der Waals surface area contributed by atoms with E-state index in [0.717, 1.165) is 64.1 Å². The van der Waals surface area contributed by atoms with Gasteiger partial charge in [0.2, 0.25) is 5.91 Å². The largest absolute Gasteiger partial charge is 0.378 e. The van der Waals surface area contributed by atoms with Crippen molar-refractivity contribution in [3.63, 3.8) is 0 Å². The Morgan fingerprint density at radius 2 is 1.88 bits per heavy atom. The van der Waals surface area contributed by atoms with Crippen LogP contribution in [0.15, 0.2) is 0 Å². The van der Waals surface area contributed by atoms with Gasteiger partial charge in [-0.3, -0.25) is 4.79 Å². The third kappa shape index (κ3) is 6.89. The maximum absolute atomic E-state index is 12.9. The van der Waals surface area contributed by atoms with Crippen LogP contribution in [0.1, 0.15) is 71.1 Å². The highest BCUT2D eigenvalue weighted by Gasteiger charge is 2.30. The van der Waals surface area contributed by atoms with E-state index in [1.165, 1.54) is 25.7 Å². The monoisotopic (exact) mass is 360 g/mol. The molecule has 0 aromatic heterocycles. The number of carbonyl (C=O) groups excluding carboxylic acids is 1. The van der Waals surface area contributed by atoms with Gasteiger partial charge in [0.25, 0.3) is 0 Å². The second-order valence-corrected chi connectivity index (χ2v) is 7.41. The summed E-state index contributed by atoms with van der Waals surface area (Å²) >= 11 is 0. The van der Waals surface area contributed by atoms with E-state index < -0.39 is 0 Å². The summed E-state index contributed by atoms with van der Waals surface area (Å²) in [5.41, 5.74) is 5.50. The number of likely N-dealkylation sites (tertiary alicyclic amines) is 1. The molecule has 1 aliphatic carbocycles. The van der Waals surface area contributed by atoms with Gasteiger partial charge in [0.05, 0.1) is 6.10 Å². The minimum absolute atomic E-state index is 0. The zero-order valence-corrected chi connectivity index (χ0v) is 16.2. The Balaban J connectivity index is 0.00000288. The van der Waals surface area contributed by atoms with Crippen LogP contribution in [0.25, 0.3) is 0 Å². The van der Waals surface area contributed by atoms with E-state index in [-0.39, 0.29) is 18.3 Å². The molecule has 24 heavy (non-hydrogen) atoms. The summed E-state index contributed by atoms with van der Waals surface area (Å²) in [6.45, 7) is 5.40. The fourth-order valence-corrected chi connectivity index (χ4v) is 4.17. The quantitative estimate of drug-likeness (QED) is 0.637. The number of amides is 1. The Kier molecular flexibility index (Phi) is 11.0. The van der Waals surface area contributed by atoms with Crippen molar-refractivity contribution in [1.29, 1.82) is 0 Å². The van der Waals surface area contributed by atoms with Crippen molar-refractivity contribution >= 4 is 18.3 Å². The van der Waals surface area contributed by atoms with E-state index in [2.05, 4.69) is 11.8 Å². The number of nitrogens with zero attached hydrogens (tertiary/aromatic N) is 1. The first-order valence-corrected chi connectivity index (χ1v) is 9.85. The Morgan fingerprint density at radius 3 is 2.46 bits per heavy atom. The SMILES string of the molecule is CCCC(CC1CCCC1)C(=O)N1CCC(OCCCN)CC1.Cl. The zero-order chi connectivity index (χ0) is 16.5. The van der Waals surface area contributed by atoms with Gasteiger partial charge in [-0.15, -0.1) is 12.4 Å². The molecule has 0 aromatic rings. The summed E-state index contributed by atoms with van der Waals surface area (Å²) in [4.78, 5) is 15.0. The van der Waals surface area contributed by atoms with Gasteiger partial charge in [-0.2, -0.15) is 0 Å². The highest BCUT2D eigenvalue weighted by Crippen LogP contribution is 2.33. The first-order chi connectivity index (χ1) is 11.2. The molecule has 2 fully saturated rings. The maximum Gasteiger partial charge on any atom is 0.225 e. The minimum Gasteiger partial charge on any atom is -0.378 e. The van der Waals surface area contributed by atoms with Crippen molar-refractivity contribution in [3.05, 3.63) is 0 Å². The summed E-state index contributed by atoms with van der Waals surface area (Å²) in [6.07, 6.45) is 11.9. The van der Waals surface area contributed by atoms with Crippen LogP contribution in [0.5, 0.6) is 0 Å². The molecule has 1 heterocycles. The van der Waals surface area contributed by atoms with Gasteiger partial charge in [0, 0.05) is 25.6 Å². The molecule has 0 spiro atoms. The molecule has 2 N–H and O–H groups in total. The average molecular weight is 361 g/mol. The zero-order valence-electron chi connectivity index (χ0n) is 15.4. The van der Waals surface area contributed by atoms with Crippen LogP contribution in [-0.2, 0) is 9.53 Å². The van der Waals surface area contributed by atoms with Crippen LogP contribution in [0, 0.1) is 11.8 Å². The van der Waals surface area contributed by atoms with Gasteiger partial charge < -0.3 is 15.4 Å². The predicted octanol–water partition coefficient (Wildman–Crippen LogP) is 3.76. The van der Waals surface area contributed by atoms with Crippen molar-refractivity contribution in [2.45, 2.75) is 77.2 Å². The molecule has 142 valence electrons. The van der Waals surface area contributed by atoms with Gasteiger partial charge in [0.15, 0.2) is 0 Å². The van der Waals surface area contributed by atoms with Crippen LogP contribution < -0.4 is 5.73 Å². The average Bonchev–Trinajstić information content (AvgIpc) is 3.08. The fraction of sp³-hybridized carbons (Fsp3) is 0.947. The molecule has 1 saturated heterocycles. The molecule has 4 nitrogen and oxygen atoms in total. The van der Waals surface area contributed by atoms with E-state index in [4.69, 9.17) is 10.5 Å². The van der Waals surface area contributed by atoms with Crippen molar-refractivity contribution in [2.24, 2.45) is 17.6 Å². The molecule has 2 aliphatic rings. The molecule has 1 unspecified atom stereocenters. The standard InChI is InChI=1S/C19H36N2O2.ClH/c1-2-6-17(15-16-7-3-4-8-16)19(22)21-12-9-18(10-13-21)23-14-5-11-20;/h16-18H,2-15,20H2,1H3;1H. The summed E-state index contributed by atoms with van der Waals surface area (Å²) in [5.74, 6) is 1.48. The molecule has 1 atom stereocenters. The topological polar surface area (TPSA) is 55.6 Å².